The molecule has 2 aliphatic carbocycles. The number of benzene rings is 2. The molecule has 0 aromatic heterocycles. The van der Waals surface area contributed by atoms with Gasteiger partial charge in [-0.1, -0.05) is 55.5 Å². The van der Waals surface area contributed by atoms with E-state index < -0.39 is 18.1 Å². The number of hydrogen-bond donors (Lipinski definition) is 3. The molecule has 7 nitrogen and oxygen atoms in total. The average Bonchev–Trinajstić information content (AvgIpc) is 3.61. The topological polar surface area (TPSA) is 105 Å². The van der Waals surface area contributed by atoms with Gasteiger partial charge < -0.3 is 20.5 Å². The molecule has 1 fully saturated rings. The molecule has 3 N–H and O–H groups in total. The van der Waals surface area contributed by atoms with Crippen LogP contribution in [0.2, 0.25) is 0 Å². The lowest BCUT2D eigenvalue weighted by atomic mass is 9.98. The molecule has 2 amide bonds. The summed E-state index contributed by atoms with van der Waals surface area (Å²) in [6.45, 7) is 2.29. The third-order valence-corrected chi connectivity index (χ3v) is 6.62. The molecule has 1 saturated carbocycles. The van der Waals surface area contributed by atoms with Gasteiger partial charge in [-0.05, 0) is 53.4 Å². The zero-order valence-corrected chi connectivity index (χ0v) is 18.8. The van der Waals surface area contributed by atoms with Gasteiger partial charge in [-0.25, -0.2) is 4.79 Å². The Morgan fingerprint density at radius 1 is 1.03 bits per heavy atom. The van der Waals surface area contributed by atoms with E-state index in [2.05, 4.69) is 34.9 Å². The van der Waals surface area contributed by atoms with Gasteiger partial charge >= 0.3 is 12.1 Å². The number of hydrogen-bond acceptors (Lipinski definition) is 4. The highest BCUT2D eigenvalue weighted by Crippen LogP contribution is 2.44. The van der Waals surface area contributed by atoms with Crippen LogP contribution in [0.5, 0.6) is 0 Å². The van der Waals surface area contributed by atoms with Gasteiger partial charge in [0.05, 0.1) is 6.42 Å². The van der Waals surface area contributed by atoms with Crippen LogP contribution in [0.25, 0.3) is 11.1 Å². The molecule has 2 unspecified atom stereocenters. The van der Waals surface area contributed by atoms with E-state index in [4.69, 9.17) is 9.84 Å². The second-order valence-corrected chi connectivity index (χ2v) is 8.87. The molecule has 0 aliphatic heterocycles. The van der Waals surface area contributed by atoms with Crippen LogP contribution in [-0.4, -0.2) is 42.3 Å². The molecule has 2 aromatic rings. The predicted octanol–water partition coefficient (Wildman–Crippen LogP) is 3.92. The number of carboxylic acids is 1. The Bertz CT molecular complexity index is 987. The molecule has 0 saturated heterocycles. The fourth-order valence-electron chi connectivity index (χ4n) is 4.69. The number of rotatable bonds is 10. The van der Waals surface area contributed by atoms with Crippen molar-refractivity contribution >= 4 is 18.0 Å². The molecule has 174 valence electrons. The fourth-order valence-corrected chi connectivity index (χ4v) is 4.69. The summed E-state index contributed by atoms with van der Waals surface area (Å²) in [5.74, 6) is -0.936. The van der Waals surface area contributed by atoms with Crippen LogP contribution in [0, 0.1) is 11.8 Å². The smallest absolute Gasteiger partial charge is 0.407 e. The van der Waals surface area contributed by atoms with E-state index in [1.165, 1.54) is 0 Å². The van der Waals surface area contributed by atoms with Crippen LogP contribution >= 0.6 is 0 Å². The number of carboxylic acid groups (broad SMARTS) is 1. The Morgan fingerprint density at radius 2 is 1.64 bits per heavy atom. The number of nitrogens with one attached hydrogen (secondary N) is 2. The van der Waals surface area contributed by atoms with Crippen molar-refractivity contribution in [1.29, 1.82) is 0 Å². The first-order valence-electron chi connectivity index (χ1n) is 11.6. The van der Waals surface area contributed by atoms with Crippen molar-refractivity contribution in [2.75, 3.05) is 13.2 Å². The minimum absolute atomic E-state index is 0.0432. The number of ether oxygens (including phenoxy) is 1. The second-order valence-electron chi connectivity index (χ2n) is 8.87. The summed E-state index contributed by atoms with van der Waals surface area (Å²) in [5.41, 5.74) is 4.56. The van der Waals surface area contributed by atoms with Crippen molar-refractivity contribution < 1.29 is 24.2 Å². The largest absolute Gasteiger partial charge is 0.481 e. The number of carbonyl (C=O) groups is 3. The van der Waals surface area contributed by atoms with Crippen molar-refractivity contribution in [2.24, 2.45) is 11.8 Å². The van der Waals surface area contributed by atoms with Gasteiger partial charge in [0, 0.05) is 12.5 Å². The van der Waals surface area contributed by atoms with E-state index in [0.717, 1.165) is 35.1 Å². The third-order valence-electron chi connectivity index (χ3n) is 6.62. The lowest BCUT2D eigenvalue weighted by molar-refractivity contribution is -0.138. The zero-order chi connectivity index (χ0) is 23.4. The minimum atomic E-state index is -0.857. The summed E-state index contributed by atoms with van der Waals surface area (Å²) >= 11 is 0. The molecule has 2 atom stereocenters. The number of amides is 2. The molecule has 2 aliphatic rings. The average molecular weight is 451 g/mol. The van der Waals surface area contributed by atoms with Crippen molar-refractivity contribution in [1.82, 2.24) is 10.6 Å². The highest BCUT2D eigenvalue weighted by molar-refractivity contribution is 5.85. The van der Waals surface area contributed by atoms with Crippen LogP contribution in [0.15, 0.2) is 48.5 Å². The first kappa shape index (κ1) is 22.8. The first-order chi connectivity index (χ1) is 16.0. The molecule has 0 bridgehead atoms. The van der Waals surface area contributed by atoms with Gasteiger partial charge in [-0.2, -0.15) is 0 Å². The number of aliphatic carboxylic acids is 1. The van der Waals surface area contributed by atoms with Crippen LogP contribution in [0.3, 0.4) is 0 Å². The van der Waals surface area contributed by atoms with E-state index in [1.54, 1.807) is 0 Å². The quantitative estimate of drug-likeness (QED) is 0.509. The summed E-state index contributed by atoms with van der Waals surface area (Å²) in [4.78, 5) is 36.2. The van der Waals surface area contributed by atoms with Gasteiger partial charge in [0.1, 0.15) is 12.6 Å². The maximum absolute atomic E-state index is 12.6. The third kappa shape index (κ3) is 5.35. The number of fused-ring (bicyclic) bond motifs is 3. The SMILES string of the molecule is CCC(NC(=O)OCC1c2ccccc2-c2ccccc21)C(=O)NCC(CC(=O)O)C1CC1. The number of alkyl carbamates (subject to hydrolysis) is 1. The molecular weight excluding hydrogens is 420 g/mol. The zero-order valence-electron chi connectivity index (χ0n) is 18.8. The van der Waals surface area contributed by atoms with E-state index in [-0.39, 0.29) is 30.8 Å². The van der Waals surface area contributed by atoms with Crippen LogP contribution in [-0.2, 0) is 14.3 Å². The normalized spacial score (nSPS) is 16.3. The second kappa shape index (κ2) is 10.1. The molecule has 0 heterocycles. The summed E-state index contributed by atoms with van der Waals surface area (Å²) in [6, 6.07) is 15.5. The van der Waals surface area contributed by atoms with Crippen molar-refractivity contribution in [2.45, 2.75) is 44.6 Å². The van der Waals surface area contributed by atoms with Gasteiger partial charge in [-0.15, -0.1) is 0 Å². The lowest BCUT2D eigenvalue weighted by Crippen LogP contribution is -2.48. The monoisotopic (exact) mass is 450 g/mol. The molecule has 7 heteroatoms. The van der Waals surface area contributed by atoms with Crippen LogP contribution in [0.4, 0.5) is 4.79 Å². The maximum Gasteiger partial charge on any atom is 0.407 e. The van der Waals surface area contributed by atoms with E-state index in [1.807, 2.05) is 31.2 Å². The van der Waals surface area contributed by atoms with Gasteiger partial charge in [0.2, 0.25) is 5.91 Å². The summed E-state index contributed by atoms with van der Waals surface area (Å²) < 4.78 is 5.54. The Labute approximate surface area is 193 Å². The Kier molecular flexibility index (Phi) is 6.96. The summed E-state index contributed by atoms with van der Waals surface area (Å²) in [5, 5.41) is 14.6. The summed E-state index contributed by atoms with van der Waals surface area (Å²) in [6.07, 6.45) is 1.82. The van der Waals surface area contributed by atoms with Crippen molar-refractivity contribution in [3.8, 4) is 11.1 Å². The lowest BCUT2D eigenvalue weighted by Gasteiger charge is -2.20. The highest BCUT2D eigenvalue weighted by Gasteiger charge is 2.33. The molecule has 2 aromatic carbocycles. The van der Waals surface area contributed by atoms with E-state index >= 15 is 0 Å². The maximum atomic E-state index is 12.6. The van der Waals surface area contributed by atoms with Crippen molar-refractivity contribution in [3.63, 3.8) is 0 Å². The number of carbonyl (C=O) groups excluding carboxylic acids is 2. The van der Waals surface area contributed by atoms with E-state index in [9.17, 15) is 14.4 Å². The van der Waals surface area contributed by atoms with Gasteiger partial charge in [0.25, 0.3) is 0 Å². The highest BCUT2D eigenvalue weighted by atomic mass is 16.5. The molecule has 0 spiro atoms. The molecule has 0 radical (unpaired) electrons. The first-order valence-corrected chi connectivity index (χ1v) is 11.6. The van der Waals surface area contributed by atoms with Crippen molar-refractivity contribution in [3.05, 3.63) is 59.7 Å². The Balaban J connectivity index is 1.31. The molecular formula is C26H30N2O5. The van der Waals surface area contributed by atoms with Crippen LogP contribution in [0.1, 0.15) is 49.7 Å². The van der Waals surface area contributed by atoms with E-state index in [0.29, 0.717) is 18.9 Å². The Hall–Kier alpha value is -3.35. The standard InChI is InChI=1S/C26H30N2O5/c1-2-23(25(31)27-14-17(13-24(29)30)16-11-12-16)28-26(32)33-15-22-20-9-5-3-7-18(20)19-8-4-6-10-21(19)22/h3-10,16-17,22-23H,2,11-15H2,1H3,(H,27,31)(H,28,32)(H,29,30). The minimum Gasteiger partial charge on any atom is -0.481 e. The molecule has 33 heavy (non-hydrogen) atoms. The summed E-state index contributed by atoms with van der Waals surface area (Å²) in [7, 11) is 0. The van der Waals surface area contributed by atoms with Gasteiger partial charge in [-0.3, -0.25) is 9.59 Å². The van der Waals surface area contributed by atoms with Gasteiger partial charge in [0.15, 0.2) is 0 Å². The predicted molar refractivity (Wildman–Crippen MR) is 124 cm³/mol. The Morgan fingerprint density at radius 3 is 2.18 bits per heavy atom. The fraction of sp³-hybridized carbons (Fsp3) is 0.423. The van der Waals surface area contributed by atoms with Crippen LogP contribution < -0.4 is 10.6 Å². The molecule has 4 rings (SSSR count).